The molecule has 0 bridgehead atoms. The minimum atomic E-state index is 0.104. The van der Waals surface area contributed by atoms with Crippen molar-refractivity contribution in [1.82, 2.24) is 9.97 Å². The first-order valence-corrected chi connectivity index (χ1v) is 8.29. The molecule has 0 saturated heterocycles. The second kappa shape index (κ2) is 5.59. The van der Waals surface area contributed by atoms with Gasteiger partial charge in [0, 0.05) is 17.3 Å². The highest BCUT2D eigenvalue weighted by Crippen LogP contribution is 2.36. The first-order valence-electron chi connectivity index (χ1n) is 6.59. The first kappa shape index (κ1) is 14.5. The predicted molar refractivity (Wildman–Crippen MR) is 85.4 cm³/mol. The Balaban J connectivity index is 2.26. The van der Waals surface area contributed by atoms with E-state index in [1.54, 1.807) is 22.7 Å². The van der Waals surface area contributed by atoms with Gasteiger partial charge in [-0.05, 0) is 13.3 Å². The molecule has 0 fully saturated rings. The van der Waals surface area contributed by atoms with Gasteiger partial charge < -0.3 is 5.32 Å². The van der Waals surface area contributed by atoms with Gasteiger partial charge in [-0.1, -0.05) is 27.7 Å². The van der Waals surface area contributed by atoms with Gasteiger partial charge >= 0.3 is 0 Å². The van der Waals surface area contributed by atoms with Crippen LogP contribution in [0, 0.1) is 6.92 Å². The Morgan fingerprint density at radius 2 is 2.00 bits per heavy atom. The molecule has 104 valence electrons. The number of hydrogen-bond donors (Lipinski definition) is 1. The van der Waals surface area contributed by atoms with Crippen LogP contribution in [0.1, 0.15) is 44.8 Å². The summed E-state index contributed by atoms with van der Waals surface area (Å²) < 4.78 is 0. The Hall–Kier alpha value is -0.940. The van der Waals surface area contributed by atoms with Gasteiger partial charge in [0.1, 0.15) is 0 Å². The van der Waals surface area contributed by atoms with Crippen LogP contribution in [0.5, 0.6) is 0 Å². The van der Waals surface area contributed by atoms with Crippen LogP contribution in [-0.4, -0.2) is 16.5 Å². The number of hydrogen-bond acceptors (Lipinski definition) is 5. The molecule has 0 aliphatic heterocycles. The number of aromatic nitrogens is 2. The summed E-state index contributed by atoms with van der Waals surface area (Å²) in [4.78, 5) is 10.5. The largest absolute Gasteiger partial charge is 0.362 e. The molecule has 0 saturated carbocycles. The van der Waals surface area contributed by atoms with Crippen molar-refractivity contribution in [3.63, 3.8) is 0 Å². The van der Waals surface area contributed by atoms with Crippen LogP contribution in [0.4, 0.5) is 5.13 Å². The normalized spacial score (nSPS) is 11.8. The second-order valence-corrected chi connectivity index (χ2v) is 7.51. The summed E-state index contributed by atoms with van der Waals surface area (Å²) in [6.45, 7) is 11.8. The Morgan fingerprint density at radius 3 is 2.58 bits per heavy atom. The van der Waals surface area contributed by atoms with Crippen LogP contribution in [-0.2, 0) is 5.41 Å². The van der Waals surface area contributed by atoms with Crippen molar-refractivity contribution in [3.05, 3.63) is 16.1 Å². The van der Waals surface area contributed by atoms with Crippen molar-refractivity contribution in [3.8, 4) is 10.6 Å². The molecule has 2 aromatic rings. The number of anilines is 1. The van der Waals surface area contributed by atoms with Crippen molar-refractivity contribution in [2.24, 2.45) is 0 Å². The third-order valence-corrected chi connectivity index (χ3v) is 5.11. The molecular weight excluding hydrogens is 274 g/mol. The maximum atomic E-state index is 4.69. The zero-order valence-corrected chi connectivity index (χ0v) is 13.8. The van der Waals surface area contributed by atoms with E-state index in [2.05, 4.69) is 50.3 Å². The Morgan fingerprint density at radius 1 is 1.26 bits per heavy atom. The highest BCUT2D eigenvalue weighted by atomic mass is 32.1. The molecule has 0 aliphatic carbocycles. The third kappa shape index (κ3) is 3.34. The van der Waals surface area contributed by atoms with Crippen LogP contribution >= 0.6 is 22.7 Å². The lowest BCUT2D eigenvalue weighted by atomic mass is 9.98. The fraction of sp³-hybridized carbons (Fsp3) is 0.571. The molecule has 0 radical (unpaired) electrons. The van der Waals surface area contributed by atoms with Crippen molar-refractivity contribution in [2.45, 2.75) is 46.5 Å². The lowest BCUT2D eigenvalue weighted by molar-refractivity contribution is 0.584. The van der Waals surface area contributed by atoms with Crippen LogP contribution in [0.15, 0.2) is 5.38 Å². The van der Waals surface area contributed by atoms with E-state index in [0.717, 1.165) is 29.5 Å². The Kier molecular flexibility index (Phi) is 4.26. The molecule has 2 heterocycles. The average Bonchev–Trinajstić information content (AvgIpc) is 2.91. The molecular formula is C14H21N3S2. The Bertz CT molecular complexity index is 549. The highest BCUT2D eigenvalue weighted by molar-refractivity contribution is 7.17. The van der Waals surface area contributed by atoms with Gasteiger partial charge in [0.25, 0.3) is 0 Å². The smallest absolute Gasteiger partial charge is 0.183 e. The van der Waals surface area contributed by atoms with E-state index < -0.39 is 0 Å². The average molecular weight is 295 g/mol. The first-order chi connectivity index (χ1) is 8.91. The van der Waals surface area contributed by atoms with Crippen molar-refractivity contribution < 1.29 is 0 Å². The fourth-order valence-electron chi connectivity index (χ4n) is 1.65. The molecule has 0 unspecified atom stereocenters. The number of aryl methyl sites for hydroxylation is 1. The fourth-order valence-corrected chi connectivity index (χ4v) is 3.54. The quantitative estimate of drug-likeness (QED) is 0.889. The lowest BCUT2D eigenvalue weighted by Crippen LogP contribution is -2.10. The van der Waals surface area contributed by atoms with Crippen LogP contribution in [0.25, 0.3) is 10.6 Å². The van der Waals surface area contributed by atoms with Gasteiger partial charge in [-0.15, -0.1) is 22.7 Å². The van der Waals surface area contributed by atoms with Gasteiger partial charge in [-0.2, -0.15) is 0 Å². The highest BCUT2D eigenvalue weighted by Gasteiger charge is 2.21. The van der Waals surface area contributed by atoms with Gasteiger partial charge in [0.05, 0.1) is 21.3 Å². The van der Waals surface area contributed by atoms with E-state index >= 15 is 0 Å². The lowest BCUT2D eigenvalue weighted by Gasteiger charge is -2.13. The number of nitrogens with one attached hydrogen (secondary N) is 1. The summed E-state index contributed by atoms with van der Waals surface area (Å²) in [7, 11) is 0. The molecule has 5 heteroatoms. The van der Waals surface area contributed by atoms with E-state index in [1.165, 1.54) is 9.88 Å². The topological polar surface area (TPSA) is 37.8 Å². The number of nitrogens with zero attached hydrogens (tertiary/aromatic N) is 2. The molecule has 2 aromatic heterocycles. The molecule has 2 rings (SSSR count). The van der Waals surface area contributed by atoms with E-state index in [1.807, 2.05) is 0 Å². The van der Waals surface area contributed by atoms with Crippen molar-refractivity contribution >= 4 is 27.8 Å². The third-order valence-electron chi connectivity index (χ3n) is 2.70. The van der Waals surface area contributed by atoms with Crippen molar-refractivity contribution in [2.75, 3.05) is 11.9 Å². The minimum Gasteiger partial charge on any atom is -0.362 e. The zero-order valence-electron chi connectivity index (χ0n) is 12.2. The number of rotatable bonds is 4. The predicted octanol–water partition coefficient (Wildman–Crippen LogP) is 4.69. The van der Waals surface area contributed by atoms with Crippen molar-refractivity contribution in [1.29, 1.82) is 0 Å². The van der Waals surface area contributed by atoms with E-state index in [4.69, 9.17) is 4.98 Å². The second-order valence-electron chi connectivity index (χ2n) is 5.65. The van der Waals surface area contributed by atoms with E-state index in [9.17, 15) is 0 Å². The molecule has 0 amide bonds. The van der Waals surface area contributed by atoms with Crippen LogP contribution in [0.2, 0.25) is 0 Å². The minimum absolute atomic E-state index is 0.104. The van der Waals surface area contributed by atoms with Gasteiger partial charge in [-0.25, -0.2) is 9.97 Å². The molecule has 0 aromatic carbocycles. The van der Waals surface area contributed by atoms with Gasteiger partial charge in [0.15, 0.2) is 5.13 Å². The zero-order chi connectivity index (χ0) is 14.0. The summed E-state index contributed by atoms with van der Waals surface area (Å²) >= 11 is 3.43. The summed E-state index contributed by atoms with van der Waals surface area (Å²) in [6.07, 6.45) is 1.11. The summed E-state index contributed by atoms with van der Waals surface area (Å²) in [5.41, 5.74) is 2.24. The Labute approximate surface area is 123 Å². The molecule has 0 atom stereocenters. The summed E-state index contributed by atoms with van der Waals surface area (Å²) in [6, 6.07) is 0. The monoisotopic (exact) mass is 295 g/mol. The number of thiazole rings is 2. The van der Waals surface area contributed by atoms with E-state index in [-0.39, 0.29) is 5.41 Å². The molecule has 1 N–H and O–H groups in total. The van der Waals surface area contributed by atoms with Crippen LogP contribution in [0.3, 0.4) is 0 Å². The van der Waals surface area contributed by atoms with Crippen LogP contribution < -0.4 is 5.32 Å². The summed E-state index contributed by atoms with van der Waals surface area (Å²) in [5, 5.41) is 7.63. The van der Waals surface area contributed by atoms with Gasteiger partial charge in [0.2, 0.25) is 0 Å². The maximum absolute atomic E-state index is 4.69. The molecule has 3 nitrogen and oxygen atoms in total. The van der Waals surface area contributed by atoms with E-state index in [0.29, 0.717) is 0 Å². The molecule has 19 heavy (non-hydrogen) atoms. The summed E-state index contributed by atoms with van der Waals surface area (Å²) in [5.74, 6) is 0. The SMILES string of the molecule is CCCNc1nc(-c2sc(C(C)(C)C)nc2C)cs1. The maximum Gasteiger partial charge on any atom is 0.183 e. The molecule has 0 spiro atoms. The van der Waals surface area contributed by atoms with Gasteiger partial charge in [-0.3, -0.25) is 0 Å². The molecule has 0 aliphatic rings. The standard InChI is InChI=1S/C14H21N3S2/c1-6-7-15-13-17-10(8-18-13)11-9(2)16-12(19-11)14(3,4)5/h8H,6-7H2,1-5H3,(H,15,17).